The van der Waals surface area contributed by atoms with E-state index in [-0.39, 0.29) is 11.3 Å². The molecule has 1 heterocycles. The second kappa shape index (κ2) is 9.57. The van der Waals surface area contributed by atoms with Crippen LogP contribution in [0.25, 0.3) is 6.08 Å². The Hall–Kier alpha value is -3.47. The van der Waals surface area contributed by atoms with Crippen molar-refractivity contribution in [3.05, 3.63) is 130 Å². The number of carbonyl (C=O) groups excluding carboxylic acids is 1. The Bertz CT molecular complexity index is 1310. The maximum absolute atomic E-state index is 13.6. The fourth-order valence-corrected chi connectivity index (χ4v) is 5.18. The van der Waals surface area contributed by atoms with Crippen LogP contribution in [0.2, 0.25) is 5.02 Å². The molecule has 4 aromatic carbocycles. The van der Waals surface area contributed by atoms with Crippen molar-refractivity contribution >= 4 is 41.0 Å². The van der Waals surface area contributed by atoms with Crippen LogP contribution in [-0.2, 0) is 4.79 Å². The van der Waals surface area contributed by atoms with E-state index in [2.05, 4.69) is 0 Å². The van der Waals surface area contributed by atoms with Crippen molar-refractivity contribution < 1.29 is 9.53 Å². The van der Waals surface area contributed by atoms with Gasteiger partial charge >= 0.3 is 0 Å². The van der Waals surface area contributed by atoms with Crippen molar-refractivity contribution in [2.45, 2.75) is 5.37 Å². The van der Waals surface area contributed by atoms with Crippen LogP contribution in [0.15, 0.2) is 114 Å². The lowest BCUT2D eigenvalue weighted by Gasteiger charge is -2.24. The summed E-state index contributed by atoms with van der Waals surface area (Å²) in [5.74, 6) is 1.41. The van der Waals surface area contributed by atoms with Gasteiger partial charge in [-0.05, 0) is 53.6 Å². The van der Waals surface area contributed by atoms with E-state index in [9.17, 15) is 4.79 Å². The average Bonchev–Trinajstić information content (AvgIpc) is 3.16. The van der Waals surface area contributed by atoms with Crippen LogP contribution >= 0.6 is 23.4 Å². The number of ether oxygens (including phenoxy) is 1. The fourth-order valence-electron chi connectivity index (χ4n) is 3.71. The normalized spacial score (nSPS) is 16.9. The molecule has 0 N–H and O–H groups in total. The van der Waals surface area contributed by atoms with Gasteiger partial charge in [-0.25, -0.2) is 0 Å². The van der Waals surface area contributed by atoms with Gasteiger partial charge < -0.3 is 4.74 Å². The van der Waals surface area contributed by atoms with Gasteiger partial charge in [0.1, 0.15) is 16.9 Å². The highest BCUT2D eigenvalue weighted by atomic mass is 35.5. The van der Waals surface area contributed by atoms with Crippen LogP contribution in [0.4, 0.5) is 5.69 Å². The second-order valence-electron chi connectivity index (χ2n) is 7.50. The van der Waals surface area contributed by atoms with E-state index in [4.69, 9.17) is 16.3 Å². The van der Waals surface area contributed by atoms with Crippen molar-refractivity contribution in [2.75, 3.05) is 4.90 Å². The number of halogens is 1. The molecule has 3 nitrogen and oxygen atoms in total. The Morgan fingerprint density at radius 1 is 0.788 bits per heavy atom. The van der Waals surface area contributed by atoms with Crippen LogP contribution in [0.1, 0.15) is 16.5 Å². The molecule has 1 amide bonds. The quantitative estimate of drug-likeness (QED) is 0.278. The van der Waals surface area contributed by atoms with Crippen LogP contribution in [0, 0.1) is 0 Å². The molecule has 5 heteroatoms. The smallest absolute Gasteiger partial charge is 0.266 e. The molecular formula is C28H20ClNO2S. The third-order valence-electron chi connectivity index (χ3n) is 5.23. The second-order valence-corrected chi connectivity index (χ2v) is 9.03. The minimum atomic E-state index is -0.200. The van der Waals surface area contributed by atoms with Crippen molar-refractivity contribution in [1.82, 2.24) is 0 Å². The summed E-state index contributed by atoms with van der Waals surface area (Å²) in [4.78, 5) is 16.0. The number of carbonyl (C=O) groups is 1. The van der Waals surface area contributed by atoms with Gasteiger partial charge in [0.05, 0.1) is 15.6 Å². The minimum absolute atomic E-state index is 0.0728. The number of benzene rings is 4. The van der Waals surface area contributed by atoms with Crippen LogP contribution in [0.3, 0.4) is 0 Å². The monoisotopic (exact) mass is 469 g/mol. The molecule has 0 bridgehead atoms. The number of anilines is 1. The van der Waals surface area contributed by atoms with Gasteiger partial charge in [0.25, 0.3) is 5.91 Å². The van der Waals surface area contributed by atoms with Crippen LogP contribution in [-0.4, -0.2) is 5.91 Å². The molecule has 0 spiro atoms. The average molecular weight is 470 g/mol. The standard InChI is InChI=1S/C28H20ClNO2S/c29-24-16-7-8-17-25(24)30-27(31)26(33-28(30)21-11-3-1-4-12-21)19-20-10-9-15-23(18-20)32-22-13-5-2-6-14-22/h1-19,28H/b26-19+. The Kier molecular flexibility index (Phi) is 6.20. The molecule has 0 radical (unpaired) electrons. The highest BCUT2D eigenvalue weighted by molar-refractivity contribution is 8.05. The van der Waals surface area contributed by atoms with E-state index in [0.717, 1.165) is 16.9 Å². The number of amides is 1. The summed E-state index contributed by atoms with van der Waals surface area (Å²) in [6.45, 7) is 0. The molecule has 0 aliphatic carbocycles. The topological polar surface area (TPSA) is 29.5 Å². The van der Waals surface area contributed by atoms with Gasteiger partial charge in [-0.2, -0.15) is 0 Å². The zero-order valence-corrected chi connectivity index (χ0v) is 19.2. The first kappa shape index (κ1) is 21.4. The number of hydrogen-bond acceptors (Lipinski definition) is 3. The lowest BCUT2D eigenvalue weighted by molar-refractivity contribution is -0.114. The van der Waals surface area contributed by atoms with Gasteiger partial charge in [-0.15, -0.1) is 0 Å². The summed E-state index contributed by atoms with van der Waals surface area (Å²) >= 11 is 8.02. The number of para-hydroxylation sites is 2. The first-order valence-electron chi connectivity index (χ1n) is 10.5. The van der Waals surface area contributed by atoms with Gasteiger partial charge in [0, 0.05) is 0 Å². The molecule has 1 aliphatic rings. The van der Waals surface area contributed by atoms with Gasteiger partial charge in [0.15, 0.2) is 0 Å². The fraction of sp³-hybridized carbons (Fsp3) is 0.0357. The Balaban J connectivity index is 1.49. The number of nitrogens with zero attached hydrogens (tertiary/aromatic N) is 1. The highest BCUT2D eigenvalue weighted by Crippen LogP contribution is 2.49. The summed E-state index contributed by atoms with van der Waals surface area (Å²) in [5.41, 5.74) is 2.64. The maximum Gasteiger partial charge on any atom is 0.266 e. The molecule has 0 aromatic heterocycles. The Labute approximate surface area is 202 Å². The summed E-state index contributed by atoms with van der Waals surface area (Å²) in [6.07, 6.45) is 1.91. The lowest BCUT2D eigenvalue weighted by atomic mass is 10.1. The molecule has 1 atom stereocenters. The third kappa shape index (κ3) is 4.68. The Morgan fingerprint density at radius 2 is 1.45 bits per heavy atom. The molecule has 1 unspecified atom stereocenters. The molecule has 1 aliphatic heterocycles. The van der Waals surface area contributed by atoms with Crippen LogP contribution in [0.5, 0.6) is 11.5 Å². The summed E-state index contributed by atoms with van der Waals surface area (Å²) in [5, 5.41) is 0.348. The molecule has 4 aromatic rings. The van der Waals surface area contributed by atoms with Crippen LogP contribution < -0.4 is 9.64 Å². The van der Waals surface area contributed by atoms with Crippen molar-refractivity contribution in [1.29, 1.82) is 0 Å². The first-order chi connectivity index (χ1) is 16.2. The van der Waals surface area contributed by atoms with E-state index in [1.807, 2.05) is 115 Å². The molecular weight excluding hydrogens is 450 g/mol. The molecule has 0 saturated carbocycles. The van der Waals surface area contributed by atoms with Gasteiger partial charge in [0.2, 0.25) is 0 Å². The number of thioether (sulfide) groups is 1. The largest absolute Gasteiger partial charge is 0.457 e. The van der Waals surface area contributed by atoms with Gasteiger partial charge in [-0.1, -0.05) is 96.2 Å². The van der Waals surface area contributed by atoms with Crippen molar-refractivity contribution in [3.63, 3.8) is 0 Å². The lowest BCUT2D eigenvalue weighted by Crippen LogP contribution is -2.27. The Morgan fingerprint density at radius 3 is 2.21 bits per heavy atom. The van der Waals surface area contributed by atoms with Crippen molar-refractivity contribution in [2.24, 2.45) is 0 Å². The number of hydrogen-bond donors (Lipinski definition) is 0. The summed E-state index contributed by atoms with van der Waals surface area (Å²) in [6, 6.07) is 34.8. The zero-order chi connectivity index (χ0) is 22.6. The first-order valence-corrected chi connectivity index (χ1v) is 11.8. The van der Waals surface area contributed by atoms with E-state index < -0.39 is 0 Å². The maximum atomic E-state index is 13.6. The minimum Gasteiger partial charge on any atom is -0.457 e. The van der Waals surface area contributed by atoms with E-state index in [1.165, 1.54) is 11.8 Å². The zero-order valence-electron chi connectivity index (χ0n) is 17.6. The highest BCUT2D eigenvalue weighted by Gasteiger charge is 2.39. The van der Waals surface area contributed by atoms with Gasteiger partial charge in [-0.3, -0.25) is 9.69 Å². The summed E-state index contributed by atoms with van der Waals surface area (Å²) in [7, 11) is 0. The molecule has 1 saturated heterocycles. The summed E-state index contributed by atoms with van der Waals surface area (Å²) < 4.78 is 5.96. The third-order valence-corrected chi connectivity index (χ3v) is 6.81. The SMILES string of the molecule is O=C1/C(=C\c2cccc(Oc3ccccc3)c2)SC(c2ccccc2)N1c1ccccc1Cl. The van der Waals surface area contributed by atoms with E-state index >= 15 is 0 Å². The molecule has 5 rings (SSSR count). The number of rotatable bonds is 5. The predicted molar refractivity (Wildman–Crippen MR) is 137 cm³/mol. The van der Waals surface area contributed by atoms with E-state index in [1.54, 1.807) is 4.90 Å². The van der Waals surface area contributed by atoms with Crippen molar-refractivity contribution in [3.8, 4) is 11.5 Å². The molecule has 1 fully saturated rings. The molecule has 162 valence electrons. The predicted octanol–water partition coefficient (Wildman–Crippen LogP) is 7.95. The van der Waals surface area contributed by atoms with E-state index in [0.29, 0.717) is 21.4 Å². The molecule has 33 heavy (non-hydrogen) atoms.